The minimum atomic E-state index is -5.10. The van der Waals surface area contributed by atoms with Crippen molar-refractivity contribution in [2.45, 2.75) is 57.3 Å². The molecule has 11 heteroatoms. The average molecular weight is 574 g/mol. The number of aliphatic hydroxyl groups is 1. The van der Waals surface area contributed by atoms with E-state index in [4.69, 9.17) is 0 Å². The van der Waals surface area contributed by atoms with E-state index in [2.05, 4.69) is 10.3 Å². The minimum Gasteiger partial charge on any atom is -0.508 e. The normalized spacial score (nSPS) is 22.7. The number of halogens is 5. The lowest BCUT2D eigenvalue weighted by molar-refractivity contribution is -0.289. The van der Waals surface area contributed by atoms with Gasteiger partial charge in [-0.15, -0.1) is 0 Å². The molecule has 5 rings (SSSR count). The standard InChI is InChI=1S/C30H28F5N3O3/c1-14(2)17-11-20-26(23(39)12-17)15(3)16(4)29(41,30(33,34)35)28(20)37-22-8-7-21(31)27-19(22)6-10-25(40)38(27)18-5-9-24(32)36-13-18/h5-16,28,37,39,41H,1-4H3. The average Bonchev–Trinajstić information content (AvgIpc) is 2.90. The van der Waals surface area contributed by atoms with Crippen LogP contribution in [0.3, 0.4) is 0 Å². The van der Waals surface area contributed by atoms with Gasteiger partial charge >= 0.3 is 6.18 Å². The van der Waals surface area contributed by atoms with Crippen molar-refractivity contribution in [2.75, 3.05) is 5.32 Å². The lowest BCUT2D eigenvalue weighted by Gasteiger charge is -2.49. The molecule has 6 nitrogen and oxygen atoms in total. The number of nitrogens with zero attached hydrogens (tertiary/aromatic N) is 2. The van der Waals surface area contributed by atoms with E-state index >= 15 is 4.39 Å². The quantitative estimate of drug-likeness (QED) is 0.187. The van der Waals surface area contributed by atoms with Crippen LogP contribution >= 0.6 is 0 Å². The number of anilines is 1. The van der Waals surface area contributed by atoms with E-state index < -0.39 is 47.0 Å². The first-order valence-corrected chi connectivity index (χ1v) is 13.0. The molecule has 1 aliphatic carbocycles. The second-order valence-corrected chi connectivity index (χ2v) is 10.9. The molecule has 0 saturated heterocycles. The fourth-order valence-corrected chi connectivity index (χ4v) is 5.85. The molecule has 0 radical (unpaired) electrons. The number of nitrogens with one attached hydrogen (secondary N) is 1. The van der Waals surface area contributed by atoms with E-state index in [0.29, 0.717) is 5.56 Å². The topological polar surface area (TPSA) is 87.4 Å². The highest BCUT2D eigenvalue weighted by Crippen LogP contribution is 2.57. The van der Waals surface area contributed by atoms with E-state index in [0.717, 1.165) is 29.0 Å². The highest BCUT2D eigenvalue weighted by molar-refractivity contribution is 5.93. The van der Waals surface area contributed by atoms with Crippen molar-refractivity contribution in [3.63, 3.8) is 0 Å². The fourth-order valence-electron chi connectivity index (χ4n) is 5.85. The summed E-state index contributed by atoms with van der Waals surface area (Å²) in [7, 11) is 0. The number of alkyl halides is 3. The van der Waals surface area contributed by atoms with E-state index in [1.807, 2.05) is 13.8 Å². The van der Waals surface area contributed by atoms with E-state index in [9.17, 15) is 32.6 Å². The molecule has 4 atom stereocenters. The molecule has 216 valence electrons. The molecule has 41 heavy (non-hydrogen) atoms. The Bertz CT molecular complexity index is 1700. The molecule has 1 aliphatic rings. The highest BCUT2D eigenvalue weighted by Gasteiger charge is 2.65. The summed E-state index contributed by atoms with van der Waals surface area (Å²) in [6.07, 6.45) is -4.06. The van der Waals surface area contributed by atoms with Crippen LogP contribution in [0.15, 0.2) is 59.5 Å². The first-order chi connectivity index (χ1) is 19.2. The smallest absolute Gasteiger partial charge is 0.419 e. The number of phenolic OH excluding ortho intramolecular Hbond substituents is 1. The monoisotopic (exact) mass is 573 g/mol. The number of phenols is 1. The Morgan fingerprint density at radius 3 is 2.37 bits per heavy atom. The van der Waals surface area contributed by atoms with Gasteiger partial charge in [0, 0.05) is 28.6 Å². The first kappa shape index (κ1) is 28.5. The summed E-state index contributed by atoms with van der Waals surface area (Å²) in [5, 5.41) is 25.3. The number of aromatic hydroxyl groups is 1. The Morgan fingerprint density at radius 2 is 1.76 bits per heavy atom. The van der Waals surface area contributed by atoms with Gasteiger partial charge < -0.3 is 15.5 Å². The second kappa shape index (κ2) is 9.83. The van der Waals surface area contributed by atoms with E-state index in [1.165, 1.54) is 38.1 Å². The molecule has 2 aromatic heterocycles. The molecule has 0 aliphatic heterocycles. The van der Waals surface area contributed by atoms with Crippen LogP contribution in [0.5, 0.6) is 5.75 Å². The Balaban J connectivity index is 1.78. The van der Waals surface area contributed by atoms with E-state index in [1.54, 1.807) is 6.07 Å². The first-order valence-electron chi connectivity index (χ1n) is 13.0. The summed E-state index contributed by atoms with van der Waals surface area (Å²) in [6, 6.07) is 8.05. The maximum atomic E-state index is 15.3. The lowest BCUT2D eigenvalue weighted by Crippen LogP contribution is -2.60. The van der Waals surface area contributed by atoms with Crippen LogP contribution in [0.25, 0.3) is 16.6 Å². The molecule has 0 amide bonds. The SMILES string of the molecule is CC(C)c1cc(O)c2c(c1)C(Nc1ccc(F)c3c1ccc(=O)n3-c1ccc(F)nc1)C(O)(C(F)(F)F)C(C)C2C. The third kappa shape index (κ3) is 4.43. The van der Waals surface area contributed by atoms with Gasteiger partial charge in [0.1, 0.15) is 11.6 Å². The zero-order chi connectivity index (χ0) is 30.0. The zero-order valence-corrected chi connectivity index (χ0v) is 22.6. The fraction of sp³-hybridized carbons (Fsp3) is 0.333. The number of fused-ring (bicyclic) bond motifs is 2. The third-order valence-corrected chi connectivity index (χ3v) is 8.26. The van der Waals surface area contributed by atoms with Crippen LogP contribution in [0.1, 0.15) is 62.3 Å². The molecule has 2 heterocycles. The van der Waals surface area contributed by atoms with Gasteiger partial charge in [-0.2, -0.15) is 17.6 Å². The molecule has 2 aromatic carbocycles. The van der Waals surface area contributed by atoms with Crippen LogP contribution in [0.2, 0.25) is 0 Å². The van der Waals surface area contributed by atoms with Crippen LogP contribution in [0.4, 0.5) is 27.6 Å². The summed E-state index contributed by atoms with van der Waals surface area (Å²) < 4.78 is 74.1. The van der Waals surface area contributed by atoms with Crippen molar-refractivity contribution >= 4 is 16.6 Å². The third-order valence-electron chi connectivity index (χ3n) is 8.26. The van der Waals surface area contributed by atoms with Gasteiger partial charge in [0.15, 0.2) is 5.60 Å². The molecule has 3 N–H and O–H groups in total. The molecule has 4 unspecified atom stereocenters. The van der Waals surface area contributed by atoms with E-state index in [-0.39, 0.29) is 45.1 Å². The molecular formula is C30H28F5N3O3. The van der Waals surface area contributed by atoms with Crippen LogP contribution in [-0.2, 0) is 0 Å². The summed E-state index contributed by atoms with van der Waals surface area (Å²) in [5.74, 6) is -4.26. The highest BCUT2D eigenvalue weighted by atomic mass is 19.4. The lowest BCUT2D eigenvalue weighted by atomic mass is 9.63. The number of aromatic nitrogens is 2. The van der Waals surface area contributed by atoms with Crippen molar-refractivity contribution in [3.8, 4) is 11.4 Å². The van der Waals surface area contributed by atoms with Crippen LogP contribution in [-0.4, -0.2) is 31.5 Å². The predicted octanol–water partition coefficient (Wildman–Crippen LogP) is 6.69. The molecule has 0 bridgehead atoms. The Kier molecular flexibility index (Phi) is 6.84. The minimum absolute atomic E-state index is 0.0000359. The zero-order valence-electron chi connectivity index (χ0n) is 22.6. The largest absolute Gasteiger partial charge is 0.508 e. The Morgan fingerprint density at radius 1 is 1.05 bits per heavy atom. The van der Waals surface area contributed by atoms with Gasteiger partial charge in [0.25, 0.3) is 5.56 Å². The molecule has 0 fully saturated rings. The number of rotatable bonds is 4. The Labute approximate surface area is 232 Å². The van der Waals surface area contributed by atoms with Gasteiger partial charge in [0.05, 0.1) is 23.4 Å². The summed E-state index contributed by atoms with van der Waals surface area (Å²) >= 11 is 0. The van der Waals surface area contributed by atoms with Crippen molar-refractivity contribution < 1.29 is 32.2 Å². The van der Waals surface area contributed by atoms with Gasteiger partial charge in [-0.3, -0.25) is 9.36 Å². The van der Waals surface area contributed by atoms with Crippen molar-refractivity contribution in [1.29, 1.82) is 0 Å². The molecular weight excluding hydrogens is 545 g/mol. The molecule has 0 spiro atoms. The Hall–Kier alpha value is -3.99. The van der Waals surface area contributed by atoms with Crippen LogP contribution < -0.4 is 10.9 Å². The predicted molar refractivity (Wildman–Crippen MR) is 144 cm³/mol. The molecule has 4 aromatic rings. The maximum absolute atomic E-state index is 15.3. The van der Waals surface area contributed by atoms with Crippen molar-refractivity contribution in [3.05, 3.63) is 93.5 Å². The van der Waals surface area contributed by atoms with Crippen LogP contribution in [0, 0.1) is 17.7 Å². The van der Waals surface area contributed by atoms with Gasteiger partial charge in [-0.1, -0.05) is 33.8 Å². The number of pyridine rings is 2. The number of benzene rings is 2. The van der Waals surface area contributed by atoms with Crippen molar-refractivity contribution in [2.24, 2.45) is 5.92 Å². The number of hydrogen-bond acceptors (Lipinski definition) is 5. The summed E-state index contributed by atoms with van der Waals surface area (Å²) in [5.41, 5.74) is -3.30. The van der Waals surface area contributed by atoms with Gasteiger partial charge in [0.2, 0.25) is 5.95 Å². The van der Waals surface area contributed by atoms with Gasteiger partial charge in [-0.25, -0.2) is 9.37 Å². The maximum Gasteiger partial charge on any atom is 0.419 e. The summed E-state index contributed by atoms with van der Waals surface area (Å²) in [6.45, 7) is 6.44. The van der Waals surface area contributed by atoms with Gasteiger partial charge in [-0.05, 0) is 59.4 Å². The second-order valence-electron chi connectivity index (χ2n) is 10.9. The van der Waals surface area contributed by atoms with Crippen molar-refractivity contribution in [1.82, 2.24) is 9.55 Å². The number of hydrogen-bond donors (Lipinski definition) is 3. The molecule has 0 saturated carbocycles. The summed E-state index contributed by atoms with van der Waals surface area (Å²) in [4.78, 5) is 16.3.